The zero-order chi connectivity index (χ0) is 23.8. The van der Waals surface area contributed by atoms with E-state index in [1.807, 2.05) is 24.0 Å². The van der Waals surface area contributed by atoms with Crippen molar-refractivity contribution in [2.75, 3.05) is 39.3 Å². The molecule has 3 N–H and O–H groups in total. The number of carbonyl (C=O) groups excluding carboxylic acids is 1. The van der Waals surface area contributed by atoms with Crippen LogP contribution < -0.4 is 5.32 Å². The zero-order valence-electron chi connectivity index (χ0n) is 18.9. The SMILES string of the molecule is CCNC(=O)N1CCN(CCCCCCCCc2ccc(F)cc2)CC1.O=C(O)C(=O)O. The number of piperazine rings is 1. The highest BCUT2D eigenvalue weighted by Gasteiger charge is 2.19. The Hall–Kier alpha value is -2.68. The normalized spacial score (nSPS) is 13.8. The van der Waals surface area contributed by atoms with Gasteiger partial charge in [-0.05, 0) is 50.4 Å². The lowest BCUT2D eigenvalue weighted by molar-refractivity contribution is -0.159. The molecule has 2 amide bonds. The molecule has 8 nitrogen and oxygen atoms in total. The van der Waals surface area contributed by atoms with E-state index >= 15 is 0 Å². The first-order valence-corrected chi connectivity index (χ1v) is 11.3. The molecule has 1 aromatic carbocycles. The highest BCUT2D eigenvalue weighted by Crippen LogP contribution is 2.11. The number of hydrogen-bond acceptors (Lipinski definition) is 4. The van der Waals surface area contributed by atoms with Gasteiger partial charge in [-0.15, -0.1) is 0 Å². The lowest BCUT2D eigenvalue weighted by Gasteiger charge is -2.34. The van der Waals surface area contributed by atoms with Gasteiger partial charge in [-0.1, -0.05) is 37.8 Å². The van der Waals surface area contributed by atoms with Gasteiger partial charge in [0.05, 0.1) is 0 Å². The van der Waals surface area contributed by atoms with Gasteiger partial charge in [-0.3, -0.25) is 4.90 Å². The van der Waals surface area contributed by atoms with E-state index in [-0.39, 0.29) is 11.8 Å². The fraction of sp³-hybridized carbons (Fsp3) is 0.609. The number of rotatable bonds is 10. The van der Waals surface area contributed by atoms with Crippen molar-refractivity contribution in [3.8, 4) is 0 Å². The average Bonchev–Trinajstić information content (AvgIpc) is 2.77. The van der Waals surface area contributed by atoms with Gasteiger partial charge in [0.2, 0.25) is 0 Å². The summed E-state index contributed by atoms with van der Waals surface area (Å²) in [6.45, 7) is 7.48. The second-order valence-corrected chi connectivity index (χ2v) is 7.77. The van der Waals surface area contributed by atoms with E-state index < -0.39 is 11.9 Å². The molecule has 0 unspecified atom stereocenters. The number of nitrogens with zero attached hydrogens (tertiary/aromatic N) is 2. The molecule has 2 rings (SSSR count). The molecule has 0 aliphatic carbocycles. The number of benzene rings is 1. The Morgan fingerprint density at radius 2 is 1.41 bits per heavy atom. The van der Waals surface area contributed by atoms with Crippen molar-refractivity contribution in [3.05, 3.63) is 35.6 Å². The van der Waals surface area contributed by atoms with Crippen LogP contribution in [0, 0.1) is 5.82 Å². The number of hydrogen-bond donors (Lipinski definition) is 3. The van der Waals surface area contributed by atoms with E-state index in [0.717, 1.165) is 39.1 Å². The molecular formula is C23H36FN3O5. The fourth-order valence-corrected chi connectivity index (χ4v) is 3.46. The number of aryl methyl sites for hydroxylation is 1. The van der Waals surface area contributed by atoms with E-state index in [1.54, 1.807) is 12.1 Å². The van der Waals surface area contributed by atoms with Crippen molar-refractivity contribution in [2.45, 2.75) is 51.9 Å². The van der Waals surface area contributed by atoms with Gasteiger partial charge in [0, 0.05) is 32.7 Å². The van der Waals surface area contributed by atoms with Gasteiger partial charge in [-0.2, -0.15) is 0 Å². The molecule has 32 heavy (non-hydrogen) atoms. The first-order valence-electron chi connectivity index (χ1n) is 11.3. The molecule has 0 atom stereocenters. The fourth-order valence-electron chi connectivity index (χ4n) is 3.46. The largest absolute Gasteiger partial charge is 0.473 e. The second-order valence-electron chi connectivity index (χ2n) is 7.77. The predicted octanol–water partition coefficient (Wildman–Crippen LogP) is 3.21. The van der Waals surface area contributed by atoms with Crippen LogP contribution in [0.25, 0.3) is 0 Å². The summed E-state index contributed by atoms with van der Waals surface area (Å²) < 4.78 is 12.8. The molecule has 1 aromatic rings. The van der Waals surface area contributed by atoms with Crippen molar-refractivity contribution in [1.82, 2.24) is 15.1 Å². The number of amides is 2. The molecule has 0 saturated carbocycles. The number of urea groups is 1. The van der Waals surface area contributed by atoms with Crippen molar-refractivity contribution in [1.29, 1.82) is 0 Å². The first kappa shape index (κ1) is 27.4. The molecule has 0 aromatic heterocycles. The summed E-state index contributed by atoms with van der Waals surface area (Å²) >= 11 is 0. The summed E-state index contributed by atoms with van der Waals surface area (Å²) in [7, 11) is 0. The Morgan fingerprint density at radius 1 is 0.875 bits per heavy atom. The summed E-state index contributed by atoms with van der Waals surface area (Å²) in [6, 6.07) is 6.95. The first-order chi connectivity index (χ1) is 15.3. The summed E-state index contributed by atoms with van der Waals surface area (Å²) in [4.78, 5) is 34.4. The molecule has 1 saturated heterocycles. The van der Waals surface area contributed by atoms with Crippen molar-refractivity contribution >= 4 is 18.0 Å². The van der Waals surface area contributed by atoms with Crippen molar-refractivity contribution in [2.24, 2.45) is 0 Å². The van der Waals surface area contributed by atoms with E-state index in [4.69, 9.17) is 19.8 Å². The molecule has 0 spiro atoms. The Balaban J connectivity index is 0.000000751. The van der Waals surface area contributed by atoms with E-state index in [0.29, 0.717) is 6.54 Å². The monoisotopic (exact) mass is 453 g/mol. The third-order valence-electron chi connectivity index (χ3n) is 5.27. The number of halogens is 1. The topological polar surface area (TPSA) is 110 Å². The van der Waals surface area contributed by atoms with Crippen molar-refractivity contribution in [3.63, 3.8) is 0 Å². The average molecular weight is 454 g/mol. The Kier molecular flexibility index (Phi) is 13.7. The number of unbranched alkanes of at least 4 members (excludes halogenated alkanes) is 5. The summed E-state index contributed by atoms with van der Waals surface area (Å²) in [5, 5.41) is 17.7. The molecule has 1 heterocycles. The maximum absolute atomic E-state index is 12.8. The standard InChI is InChI=1S/C21H34FN3O.C2H2O4/c1-2-23-21(26)25-17-15-24(16-18-25)14-8-6-4-3-5-7-9-19-10-12-20(22)13-11-19;3-1(4)2(5)6/h10-13H,2-9,14-18H2,1H3,(H,23,26);(H,3,4)(H,5,6). The van der Waals surface area contributed by atoms with Crippen LogP contribution in [0.15, 0.2) is 24.3 Å². The molecule has 9 heteroatoms. The Bertz CT molecular complexity index is 679. The highest BCUT2D eigenvalue weighted by molar-refractivity contribution is 6.27. The minimum atomic E-state index is -1.82. The van der Waals surface area contributed by atoms with Crippen LogP contribution in [-0.4, -0.2) is 77.3 Å². The van der Waals surface area contributed by atoms with Crippen LogP contribution in [0.4, 0.5) is 9.18 Å². The zero-order valence-corrected chi connectivity index (χ0v) is 18.9. The lowest BCUT2D eigenvalue weighted by atomic mass is 10.0. The minimum Gasteiger partial charge on any atom is -0.473 e. The molecule has 1 aliphatic rings. The minimum absolute atomic E-state index is 0.0767. The van der Waals surface area contributed by atoms with Crippen LogP contribution in [0.3, 0.4) is 0 Å². The molecule has 0 bridgehead atoms. The van der Waals surface area contributed by atoms with Gasteiger partial charge in [-0.25, -0.2) is 18.8 Å². The van der Waals surface area contributed by atoms with Crippen molar-refractivity contribution < 1.29 is 29.0 Å². The maximum Gasteiger partial charge on any atom is 0.414 e. The van der Waals surface area contributed by atoms with Gasteiger partial charge in [0.25, 0.3) is 0 Å². The maximum atomic E-state index is 12.8. The van der Waals surface area contributed by atoms with Crippen LogP contribution in [0.1, 0.15) is 51.0 Å². The third-order valence-corrected chi connectivity index (χ3v) is 5.27. The van der Waals surface area contributed by atoms with E-state index in [9.17, 15) is 9.18 Å². The van der Waals surface area contributed by atoms with Gasteiger partial charge < -0.3 is 20.4 Å². The molecule has 180 valence electrons. The molecule has 1 fully saturated rings. The molecule has 0 radical (unpaired) electrons. The molecule has 1 aliphatic heterocycles. The smallest absolute Gasteiger partial charge is 0.414 e. The number of carbonyl (C=O) groups is 3. The highest BCUT2D eigenvalue weighted by atomic mass is 19.1. The number of carboxylic acids is 2. The number of nitrogens with one attached hydrogen (secondary N) is 1. The number of aliphatic carboxylic acids is 2. The van der Waals surface area contributed by atoms with Gasteiger partial charge in [0.15, 0.2) is 0 Å². The van der Waals surface area contributed by atoms with Gasteiger partial charge >= 0.3 is 18.0 Å². The van der Waals surface area contributed by atoms with Gasteiger partial charge in [0.1, 0.15) is 5.82 Å². The van der Waals surface area contributed by atoms with E-state index in [2.05, 4.69) is 10.2 Å². The summed E-state index contributed by atoms with van der Waals surface area (Å²) in [5.74, 6) is -3.80. The Morgan fingerprint density at radius 3 is 1.94 bits per heavy atom. The van der Waals surface area contributed by atoms with Crippen LogP contribution >= 0.6 is 0 Å². The van der Waals surface area contributed by atoms with Crippen LogP contribution in [0.5, 0.6) is 0 Å². The van der Waals surface area contributed by atoms with Crippen LogP contribution in [-0.2, 0) is 16.0 Å². The number of carboxylic acid groups (broad SMARTS) is 2. The summed E-state index contributed by atoms with van der Waals surface area (Å²) in [6.07, 6.45) is 8.60. The second kappa shape index (κ2) is 16.0. The summed E-state index contributed by atoms with van der Waals surface area (Å²) in [5.41, 5.74) is 1.23. The Labute approximate surface area is 189 Å². The molecular weight excluding hydrogens is 417 g/mol. The third kappa shape index (κ3) is 12.2. The quantitative estimate of drug-likeness (QED) is 0.371. The lowest BCUT2D eigenvalue weighted by Crippen LogP contribution is -2.51. The van der Waals surface area contributed by atoms with E-state index in [1.165, 1.54) is 44.1 Å². The predicted molar refractivity (Wildman–Crippen MR) is 120 cm³/mol. The van der Waals surface area contributed by atoms with Crippen LogP contribution in [0.2, 0.25) is 0 Å².